The molecule has 1 saturated carbocycles. The smallest absolute Gasteiger partial charge is 0.317 e. The van der Waals surface area contributed by atoms with Crippen LogP contribution in [-0.2, 0) is 14.3 Å². The third kappa shape index (κ3) is 6.98. The van der Waals surface area contributed by atoms with Gasteiger partial charge in [0.1, 0.15) is 0 Å². The van der Waals surface area contributed by atoms with Crippen molar-refractivity contribution in [3.8, 4) is 0 Å². The van der Waals surface area contributed by atoms with Crippen LogP contribution in [0, 0.1) is 0 Å². The molecule has 0 spiro atoms. The van der Waals surface area contributed by atoms with Gasteiger partial charge in [-0.3, -0.25) is 9.59 Å². The maximum Gasteiger partial charge on any atom is 0.317 e. The summed E-state index contributed by atoms with van der Waals surface area (Å²) in [6.45, 7) is 3.47. The monoisotopic (exact) mass is 448 g/mol. The number of esters is 1. The van der Waals surface area contributed by atoms with Gasteiger partial charge in [-0.05, 0) is 32.3 Å². The zero-order chi connectivity index (χ0) is 21.3. The fraction of sp³-hybridized carbons (Fsp3) is 0.524. The third-order valence-electron chi connectivity index (χ3n) is 4.99. The van der Waals surface area contributed by atoms with Gasteiger partial charge in [0.05, 0.1) is 11.8 Å². The lowest BCUT2D eigenvalue weighted by atomic mass is 9.96. The van der Waals surface area contributed by atoms with E-state index < -0.39 is 12.1 Å². The molecule has 30 heavy (non-hydrogen) atoms. The molecule has 2 unspecified atom stereocenters. The van der Waals surface area contributed by atoms with Gasteiger partial charge in [0.15, 0.2) is 10.4 Å². The highest BCUT2D eigenvalue weighted by atomic mass is 32.2. The summed E-state index contributed by atoms with van der Waals surface area (Å²) in [4.78, 5) is 24.4. The maximum atomic E-state index is 12.3. The molecule has 1 aromatic carbocycles. The average Bonchev–Trinajstić information content (AvgIpc) is 3.20. The summed E-state index contributed by atoms with van der Waals surface area (Å²) in [7, 11) is 0. The zero-order valence-corrected chi connectivity index (χ0v) is 18.9. The minimum Gasteiger partial charge on any atom is -0.452 e. The Labute approximate surface area is 185 Å². The van der Waals surface area contributed by atoms with E-state index in [9.17, 15) is 9.59 Å². The second kappa shape index (κ2) is 11.3. The standard InChI is InChI=1S/C21H28N4O3S2/c1-14(16-9-5-3-6-10-16)22-19(27)15(2)28-18(26)13-29-21-25-24-20(30-21)23-17-11-7-4-8-12-17/h3,5-6,9-10,14-15,17H,4,7-8,11-13H2,1-2H3,(H,22,27)(H,23,24). The van der Waals surface area contributed by atoms with E-state index in [0.29, 0.717) is 10.4 Å². The van der Waals surface area contributed by atoms with Gasteiger partial charge in [0, 0.05) is 6.04 Å². The summed E-state index contributed by atoms with van der Waals surface area (Å²) >= 11 is 2.72. The van der Waals surface area contributed by atoms with E-state index in [-0.39, 0.29) is 17.7 Å². The van der Waals surface area contributed by atoms with Crippen molar-refractivity contribution in [1.29, 1.82) is 0 Å². The number of aromatic nitrogens is 2. The molecule has 0 radical (unpaired) electrons. The molecule has 9 heteroatoms. The number of rotatable bonds is 9. The first-order chi connectivity index (χ1) is 14.5. The second-order valence-electron chi connectivity index (χ2n) is 7.41. The molecule has 1 aliphatic rings. The third-order valence-corrected chi connectivity index (χ3v) is 6.95. The van der Waals surface area contributed by atoms with E-state index in [4.69, 9.17) is 4.74 Å². The molecule has 0 bridgehead atoms. The van der Waals surface area contributed by atoms with Crippen LogP contribution >= 0.6 is 23.1 Å². The number of nitrogens with one attached hydrogen (secondary N) is 2. The van der Waals surface area contributed by atoms with Crippen molar-refractivity contribution in [3.63, 3.8) is 0 Å². The molecule has 1 amide bonds. The van der Waals surface area contributed by atoms with E-state index in [1.165, 1.54) is 42.4 Å². The molecule has 1 fully saturated rings. The van der Waals surface area contributed by atoms with Gasteiger partial charge in [-0.25, -0.2) is 0 Å². The van der Waals surface area contributed by atoms with Crippen LogP contribution in [0.15, 0.2) is 34.7 Å². The molecule has 1 aromatic heterocycles. The first-order valence-electron chi connectivity index (χ1n) is 10.3. The predicted molar refractivity (Wildman–Crippen MR) is 120 cm³/mol. The fourth-order valence-corrected chi connectivity index (χ4v) is 4.92. The molecular weight excluding hydrogens is 420 g/mol. The summed E-state index contributed by atoms with van der Waals surface area (Å²) in [5.74, 6) is -0.684. The fourth-order valence-electron chi connectivity index (χ4n) is 3.31. The lowest BCUT2D eigenvalue weighted by molar-refractivity contribution is -0.152. The normalized spacial score (nSPS) is 16.5. The van der Waals surface area contributed by atoms with E-state index in [0.717, 1.165) is 23.5 Å². The molecule has 2 aromatic rings. The van der Waals surface area contributed by atoms with Crippen molar-refractivity contribution < 1.29 is 14.3 Å². The van der Waals surface area contributed by atoms with Crippen LogP contribution in [0.4, 0.5) is 5.13 Å². The first-order valence-corrected chi connectivity index (χ1v) is 12.1. The Balaban J connectivity index is 1.39. The number of carbonyl (C=O) groups is 2. The molecule has 7 nitrogen and oxygen atoms in total. The van der Waals surface area contributed by atoms with Crippen LogP contribution in [0.2, 0.25) is 0 Å². The van der Waals surface area contributed by atoms with E-state index in [1.54, 1.807) is 6.92 Å². The van der Waals surface area contributed by atoms with Crippen molar-refractivity contribution in [2.75, 3.05) is 11.1 Å². The highest BCUT2D eigenvalue weighted by Crippen LogP contribution is 2.28. The van der Waals surface area contributed by atoms with Gasteiger partial charge in [-0.1, -0.05) is 72.7 Å². The Morgan fingerprint density at radius 3 is 2.63 bits per heavy atom. The number of nitrogens with zero attached hydrogens (tertiary/aromatic N) is 2. The maximum absolute atomic E-state index is 12.3. The van der Waals surface area contributed by atoms with Crippen LogP contribution in [0.25, 0.3) is 0 Å². The zero-order valence-electron chi connectivity index (χ0n) is 17.3. The number of hydrogen-bond donors (Lipinski definition) is 2. The number of anilines is 1. The minimum absolute atomic E-state index is 0.0872. The van der Waals surface area contributed by atoms with E-state index in [1.807, 2.05) is 37.3 Å². The lowest BCUT2D eigenvalue weighted by Crippen LogP contribution is -2.37. The van der Waals surface area contributed by atoms with Crippen molar-refractivity contribution in [3.05, 3.63) is 35.9 Å². The van der Waals surface area contributed by atoms with Crippen LogP contribution in [0.3, 0.4) is 0 Å². The molecule has 162 valence electrons. The predicted octanol–water partition coefficient (Wildman–Crippen LogP) is 4.18. The molecule has 0 aliphatic heterocycles. The topological polar surface area (TPSA) is 93.2 Å². The first kappa shape index (κ1) is 22.6. The van der Waals surface area contributed by atoms with Gasteiger partial charge >= 0.3 is 5.97 Å². The highest BCUT2D eigenvalue weighted by Gasteiger charge is 2.21. The molecule has 0 saturated heterocycles. The average molecular weight is 449 g/mol. The second-order valence-corrected chi connectivity index (χ2v) is 9.61. The Morgan fingerprint density at radius 1 is 1.17 bits per heavy atom. The van der Waals surface area contributed by atoms with Crippen LogP contribution in [0.5, 0.6) is 0 Å². The molecule has 1 heterocycles. The molecule has 1 aliphatic carbocycles. The molecule has 2 N–H and O–H groups in total. The summed E-state index contributed by atoms with van der Waals surface area (Å²) in [6.07, 6.45) is 5.27. The van der Waals surface area contributed by atoms with Crippen molar-refractivity contribution in [1.82, 2.24) is 15.5 Å². The van der Waals surface area contributed by atoms with Crippen LogP contribution in [0.1, 0.15) is 57.6 Å². The largest absolute Gasteiger partial charge is 0.452 e. The highest BCUT2D eigenvalue weighted by molar-refractivity contribution is 8.01. The molecule has 3 rings (SSSR count). The number of carbonyl (C=O) groups excluding carboxylic acids is 2. The summed E-state index contributed by atoms with van der Waals surface area (Å²) in [5.41, 5.74) is 0.994. The SMILES string of the molecule is CC(OC(=O)CSc1nnc(NC2CCCCC2)s1)C(=O)NC(C)c1ccccc1. The van der Waals surface area contributed by atoms with Crippen molar-refractivity contribution >= 4 is 40.1 Å². The Hall–Kier alpha value is -2.13. The number of amides is 1. The summed E-state index contributed by atoms with van der Waals surface area (Å²) in [6, 6.07) is 9.95. The van der Waals surface area contributed by atoms with Gasteiger partial charge in [-0.15, -0.1) is 10.2 Å². The summed E-state index contributed by atoms with van der Waals surface area (Å²) in [5, 5.41) is 15.4. The quantitative estimate of drug-likeness (QED) is 0.439. The van der Waals surface area contributed by atoms with Crippen molar-refractivity contribution in [2.24, 2.45) is 0 Å². The van der Waals surface area contributed by atoms with Gasteiger partial charge in [0.2, 0.25) is 5.13 Å². The van der Waals surface area contributed by atoms with E-state index >= 15 is 0 Å². The Morgan fingerprint density at radius 2 is 1.90 bits per heavy atom. The van der Waals surface area contributed by atoms with Crippen LogP contribution < -0.4 is 10.6 Å². The Kier molecular flexibility index (Phi) is 8.50. The number of thioether (sulfide) groups is 1. The van der Waals surface area contributed by atoms with Crippen LogP contribution in [-0.4, -0.2) is 40.0 Å². The minimum atomic E-state index is -0.859. The van der Waals surface area contributed by atoms with Gasteiger partial charge in [-0.2, -0.15) is 0 Å². The number of hydrogen-bond acceptors (Lipinski definition) is 8. The lowest BCUT2D eigenvalue weighted by Gasteiger charge is -2.21. The van der Waals surface area contributed by atoms with Crippen molar-refractivity contribution in [2.45, 2.75) is 68.5 Å². The Bertz CT molecular complexity index is 825. The number of benzene rings is 1. The van der Waals surface area contributed by atoms with Gasteiger partial charge < -0.3 is 15.4 Å². The number of ether oxygens (including phenoxy) is 1. The summed E-state index contributed by atoms with van der Waals surface area (Å²) < 4.78 is 5.98. The van der Waals surface area contributed by atoms with Gasteiger partial charge in [0.25, 0.3) is 5.91 Å². The van der Waals surface area contributed by atoms with E-state index in [2.05, 4.69) is 20.8 Å². The molecular formula is C21H28N4O3S2. The molecule has 2 atom stereocenters.